The minimum absolute atomic E-state index is 0.182. The summed E-state index contributed by atoms with van der Waals surface area (Å²) in [4.78, 5) is 14.9. The molecule has 114 valence electrons. The van der Waals surface area contributed by atoms with Crippen molar-refractivity contribution in [1.82, 2.24) is 9.55 Å². The van der Waals surface area contributed by atoms with Crippen molar-refractivity contribution in [1.29, 1.82) is 0 Å². The Morgan fingerprint density at radius 3 is 2.90 bits per heavy atom. The molecule has 0 radical (unpaired) electrons. The normalized spacial score (nSPS) is 21.5. The molecule has 1 fully saturated rings. The number of methoxy groups -OCH3 is 1. The van der Waals surface area contributed by atoms with Crippen LogP contribution in [-0.2, 0) is 16.4 Å². The lowest BCUT2D eigenvalue weighted by molar-refractivity contribution is 0.416. The van der Waals surface area contributed by atoms with E-state index >= 15 is 0 Å². The number of aromatic nitrogens is 2. The summed E-state index contributed by atoms with van der Waals surface area (Å²) in [6.07, 6.45) is 2.21. The van der Waals surface area contributed by atoms with Crippen molar-refractivity contribution < 1.29 is 13.2 Å². The summed E-state index contributed by atoms with van der Waals surface area (Å²) >= 11 is 0. The molecule has 3 rings (SSSR count). The molecule has 0 aliphatic carbocycles. The second-order valence-corrected chi connectivity index (χ2v) is 7.78. The van der Waals surface area contributed by atoms with Crippen molar-refractivity contribution in [2.75, 3.05) is 12.9 Å². The summed E-state index contributed by atoms with van der Waals surface area (Å²) < 4.78 is 31.1. The Hall–Kier alpha value is -1.76. The molecule has 1 atom stereocenters. The van der Waals surface area contributed by atoms with Gasteiger partial charge >= 0.3 is 5.69 Å². The van der Waals surface area contributed by atoms with Crippen LogP contribution in [0, 0.1) is 0 Å². The van der Waals surface area contributed by atoms with E-state index in [4.69, 9.17) is 4.74 Å². The molecule has 21 heavy (non-hydrogen) atoms. The highest BCUT2D eigenvalue weighted by atomic mass is 32.2. The van der Waals surface area contributed by atoms with Crippen molar-refractivity contribution >= 4 is 20.9 Å². The molecule has 1 aliphatic heterocycles. The molecule has 1 N–H and O–H groups in total. The summed E-state index contributed by atoms with van der Waals surface area (Å²) in [6, 6.07) is 5.34. The van der Waals surface area contributed by atoms with Crippen LogP contribution in [0.25, 0.3) is 11.0 Å². The van der Waals surface area contributed by atoms with E-state index in [1.807, 2.05) is 0 Å². The minimum Gasteiger partial charge on any atom is -0.494 e. The number of hydrogen-bond acceptors (Lipinski definition) is 4. The van der Waals surface area contributed by atoms with E-state index in [9.17, 15) is 13.2 Å². The third-order valence-electron chi connectivity index (χ3n) is 4.07. The number of aromatic amines is 1. The molecule has 0 saturated carbocycles. The molecule has 2 heterocycles. The van der Waals surface area contributed by atoms with Crippen LogP contribution in [-0.4, -0.2) is 36.1 Å². The first-order valence-electron chi connectivity index (χ1n) is 7.00. The lowest BCUT2D eigenvalue weighted by Gasteiger charge is -2.22. The number of sulfone groups is 1. The van der Waals surface area contributed by atoms with Crippen LogP contribution in [0.2, 0.25) is 0 Å². The predicted octanol–water partition coefficient (Wildman–Crippen LogP) is 1.31. The van der Waals surface area contributed by atoms with E-state index in [0.717, 1.165) is 6.42 Å². The molecule has 6 nitrogen and oxygen atoms in total. The van der Waals surface area contributed by atoms with E-state index in [-0.39, 0.29) is 18.0 Å². The van der Waals surface area contributed by atoms with E-state index in [1.165, 1.54) is 11.7 Å². The molecule has 1 saturated heterocycles. The Kier molecular flexibility index (Phi) is 3.52. The number of fused-ring (bicyclic) bond motifs is 1. The van der Waals surface area contributed by atoms with Crippen LogP contribution in [0.4, 0.5) is 0 Å². The standard InChI is InChI=1S/C14H18N2O4S/c1-20-12-7-4-6-11-13(12)16(14(17)15-11)9-10-5-2-3-8-21(10,18)19/h4,6-7,10H,2-3,5,8-9H2,1H3,(H,15,17). The Morgan fingerprint density at radius 1 is 1.38 bits per heavy atom. The van der Waals surface area contributed by atoms with Crippen molar-refractivity contribution in [2.24, 2.45) is 0 Å². The number of rotatable bonds is 3. The van der Waals surface area contributed by atoms with Crippen molar-refractivity contribution in [3.05, 3.63) is 28.7 Å². The first-order valence-corrected chi connectivity index (χ1v) is 8.71. The van der Waals surface area contributed by atoms with Gasteiger partial charge in [0.2, 0.25) is 0 Å². The highest BCUT2D eigenvalue weighted by Crippen LogP contribution is 2.26. The van der Waals surface area contributed by atoms with E-state index in [1.54, 1.807) is 18.2 Å². The van der Waals surface area contributed by atoms with Crippen LogP contribution < -0.4 is 10.4 Å². The van der Waals surface area contributed by atoms with Crippen molar-refractivity contribution in [3.63, 3.8) is 0 Å². The Bertz CT molecular complexity index is 819. The minimum atomic E-state index is -3.12. The molecule has 0 spiro atoms. The Labute approximate surface area is 122 Å². The van der Waals surface area contributed by atoms with Gasteiger partial charge in [-0.15, -0.1) is 0 Å². The average molecular weight is 310 g/mol. The second-order valence-electron chi connectivity index (χ2n) is 5.38. The number of para-hydroxylation sites is 1. The largest absolute Gasteiger partial charge is 0.494 e. The molecular formula is C14H18N2O4S. The van der Waals surface area contributed by atoms with Gasteiger partial charge in [0, 0.05) is 6.54 Å². The third-order valence-corrected chi connectivity index (χ3v) is 6.33. The third kappa shape index (κ3) is 2.46. The zero-order valence-electron chi connectivity index (χ0n) is 11.8. The number of ether oxygens (including phenoxy) is 1. The SMILES string of the molecule is COc1cccc2[nH]c(=O)n(CC3CCCCS3(=O)=O)c12. The van der Waals surface area contributed by atoms with E-state index in [2.05, 4.69) is 4.98 Å². The fraction of sp³-hybridized carbons (Fsp3) is 0.500. The van der Waals surface area contributed by atoms with Gasteiger partial charge in [-0.05, 0) is 25.0 Å². The number of nitrogens with zero attached hydrogens (tertiary/aromatic N) is 1. The molecule has 1 aromatic heterocycles. The van der Waals surface area contributed by atoms with Gasteiger partial charge in [-0.2, -0.15) is 0 Å². The van der Waals surface area contributed by atoms with Gasteiger partial charge in [0.1, 0.15) is 11.3 Å². The molecular weight excluding hydrogens is 292 g/mol. The predicted molar refractivity (Wildman–Crippen MR) is 80.5 cm³/mol. The first-order chi connectivity index (χ1) is 10.0. The molecule has 1 aliphatic rings. The highest BCUT2D eigenvalue weighted by Gasteiger charge is 2.30. The van der Waals surface area contributed by atoms with Gasteiger partial charge in [0.25, 0.3) is 0 Å². The zero-order chi connectivity index (χ0) is 15.0. The number of benzene rings is 1. The highest BCUT2D eigenvalue weighted by molar-refractivity contribution is 7.92. The fourth-order valence-corrected chi connectivity index (χ4v) is 4.80. The monoisotopic (exact) mass is 310 g/mol. The molecule has 2 aromatic rings. The smallest absolute Gasteiger partial charge is 0.326 e. The Balaban J connectivity index is 2.08. The maximum Gasteiger partial charge on any atom is 0.326 e. The van der Waals surface area contributed by atoms with Crippen molar-refractivity contribution in [3.8, 4) is 5.75 Å². The summed E-state index contributed by atoms with van der Waals surface area (Å²) in [7, 11) is -1.58. The van der Waals surface area contributed by atoms with Gasteiger partial charge in [-0.3, -0.25) is 4.57 Å². The van der Waals surface area contributed by atoms with Crippen LogP contribution in [0.3, 0.4) is 0 Å². The molecule has 7 heteroatoms. The molecule has 0 bridgehead atoms. The lowest BCUT2D eigenvalue weighted by Crippen LogP contribution is -2.35. The number of H-pyrrole nitrogens is 1. The second kappa shape index (κ2) is 5.22. The fourth-order valence-electron chi connectivity index (χ4n) is 2.95. The number of nitrogens with one attached hydrogen (secondary N) is 1. The topological polar surface area (TPSA) is 81.2 Å². The molecule has 0 amide bonds. The summed E-state index contributed by atoms with van der Waals surface area (Å²) in [5.74, 6) is 0.783. The van der Waals surface area contributed by atoms with Crippen LogP contribution in [0.15, 0.2) is 23.0 Å². The van der Waals surface area contributed by atoms with E-state index in [0.29, 0.717) is 29.6 Å². The summed E-state index contributed by atoms with van der Waals surface area (Å²) in [5.41, 5.74) is 0.994. The lowest BCUT2D eigenvalue weighted by atomic mass is 10.2. The zero-order valence-corrected chi connectivity index (χ0v) is 12.6. The van der Waals surface area contributed by atoms with Gasteiger partial charge in [0.05, 0.1) is 23.6 Å². The quantitative estimate of drug-likeness (QED) is 0.926. The van der Waals surface area contributed by atoms with Crippen LogP contribution >= 0.6 is 0 Å². The van der Waals surface area contributed by atoms with Crippen LogP contribution in [0.5, 0.6) is 5.75 Å². The molecule has 1 aromatic carbocycles. The molecule has 1 unspecified atom stereocenters. The van der Waals surface area contributed by atoms with Crippen molar-refractivity contribution in [2.45, 2.75) is 31.1 Å². The van der Waals surface area contributed by atoms with Gasteiger partial charge in [0.15, 0.2) is 9.84 Å². The maximum absolute atomic E-state index is 12.2. The summed E-state index contributed by atoms with van der Waals surface area (Å²) in [6.45, 7) is 0.182. The van der Waals surface area contributed by atoms with Gasteiger partial charge in [-0.25, -0.2) is 13.2 Å². The average Bonchev–Trinajstić information content (AvgIpc) is 2.77. The number of imidazole rings is 1. The number of hydrogen-bond donors (Lipinski definition) is 1. The van der Waals surface area contributed by atoms with E-state index < -0.39 is 15.1 Å². The van der Waals surface area contributed by atoms with Gasteiger partial charge < -0.3 is 9.72 Å². The summed E-state index contributed by atoms with van der Waals surface area (Å²) in [5, 5.41) is -0.493. The first kappa shape index (κ1) is 14.2. The maximum atomic E-state index is 12.2. The van der Waals surface area contributed by atoms with Crippen LogP contribution in [0.1, 0.15) is 19.3 Å². The van der Waals surface area contributed by atoms with Gasteiger partial charge in [-0.1, -0.05) is 12.5 Å². The Morgan fingerprint density at radius 2 is 2.19 bits per heavy atom.